The highest BCUT2D eigenvalue weighted by molar-refractivity contribution is 8.00. The van der Waals surface area contributed by atoms with Gasteiger partial charge in [0.05, 0.1) is 12.1 Å². The van der Waals surface area contributed by atoms with E-state index in [0.717, 1.165) is 37.9 Å². The molecule has 2 heterocycles. The highest BCUT2D eigenvalue weighted by Gasteiger charge is 2.35. The minimum atomic E-state index is 0.191. The number of hydrogen-bond acceptors (Lipinski definition) is 5. The Kier molecular flexibility index (Phi) is 6.21. The van der Waals surface area contributed by atoms with E-state index in [0.29, 0.717) is 11.4 Å². The first-order valence-corrected chi connectivity index (χ1v) is 11.3. The van der Waals surface area contributed by atoms with E-state index in [4.69, 9.17) is 4.74 Å². The van der Waals surface area contributed by atoms with Gasteiger partial charge in [-0.05, 0) is 49.7 Å². The van der Waals surface area contributed by atoms with Crippen molar-refractivity contribution in [3.63, 3.8) is 0 Å². The first-order chi connectivity index (χ1) is 12.3. The van der Waals surface area contributed by atoms with Crippen molar-refractivity contribution in [1.82, 2.24) is 15.8 Å². The average molecular weight is 368 g/mol. The van der Waals surface area contributed by atoms with Gasteiger partial charge in [0.15, 0.2) is 0 Å². The maximum Gasteiger partial charge on any atom is 0.248 e. The van der Waals surface area contributed by atoms with Crippen LogP contribution >= 0.6 is 11.8 Å². The van der Waals surface area contributed by atoms with Gasteiger partial charge < -0.3 is 9.64 Å². The number of ether oxygens (including phenoxy) is 1. The zero-order chi connectivity index (χ0) is 17.1. The lowest BCUT2D eigenvalue weighted by Gasteiger charge is -2.33. The van der Waals surface area contributed by atoms with E-state index >= 15 is 0 Å². The van der Waals surface area contributed by atoms with Crippen LogP contribution in [0, 0.1) is 11.8 Å². The number of amides is 1. The summed E-state index contributed by atoms with van der Waals surface area (Å²) in [4.78, 5) is 15.0. The number of nitrogens with one attached hydrogen (secondary N) is 2. The Morgan fingerprint density at radius 3 is 2.68 bits per heavy atom. The predicted octanol–water partition coefficient (Wildman–Crippen LogP) is 2.17. The number of fused-ring (bicyclic) bond motifs is 1. The molecule has 2 saturated heterocycles. The van der Waals surface area contributed by atoms with Gasteiger partial charge in [0, 0.05) is 24.9 Å². The number of nitrogens with zero attached hydrogens (tertiary/aromatic N) is 1. The highest BCUT2D eigenvalue weighted by Crippen LogP contribution is 2.42. The van der Waals surface area contributed by atoms with Gasteiger partial charge in [-0.2, -0.15) is 11.8 Å². The van der Waals surface area contributed by atoms with Crippen molar-refractivity contribution in [2.75, 3.05) is 32.0 Å². The molecule has 2 saturated carbocycles. The summed E-state index contributed by atoms with van der Waals surface area (Å²) in [5.74, 6) is 3.25. The fourth-order valence-corrected chi connectivity index (χ4v) is 6.48. The number of rotatable bonds is 6. The Morgan fingerprint density at radius 2 is 1.88 bits per heavy atom. The molecule has 6 heteroatoms. The molecule has 2 aliphatic carbocycles. The molecule has 4 unspecified atom stereocenters. The fraction of sp³-hybridized carbons (Fsp3) is 0.947. The Morgan fingerprint density at radius 1 is 1.04 bits per heavy atom. The summed E-state index contributed by atoms with van der Waals surface area (Å²) in [6.07, 6.45) is 10.7. The van der Waals surface area contributed by atoms with Crippen LogP contribution in [0.15, 0.2) is 0 Å². The molecule has 4 aliphatic rings. The summed E-state index contributed by atoms with van der Waals surface area (Å²) < 4.78 is 6.12. The second kappa shape index (κ2) is 8.59. The van der Waals surface area contributed by atoms with Crippen LogP contribution in [-0.4, -0.2) is 60.2 Å². The summed E-state index contributed by atoms with van der Waals surface area (Å²) in [6, 6.07) is 0.267. The van der Waals surface area contributed by atoms with Gasteiger partial charge in [-0.25, -0.2) is 0 Å². The van der Waals surface area contributed by atoms with Crippen LogP contribution in [0.2, 0.25) is 0 Å². The molecule has 4 rings (SSSR count). The molecular weight excluding hydrogens is 334 g/mol. The summed E-state index contributed by atoms with van der Waals surface area (Å²) >= 11 is 2.03. The SMILES string of the molecule is O=C(COC1CCC2CCCC2C1)N(CC1CCCS1)C1CNNC1. The molecule has 4 fully saturated rings. The minimum Gasteiger partial charge on any atom is -0.368 e. The Hall–Kier alpha value is -0.300. The highest BCUT2D eigenvalue weighted by atomic mass is 32.2. The molecule has 2 aliphatic heterocycles. The number of hydrazine groups is 1. The van der Waals surface area contributed by atoms with Gasteiger partial charge in [-0.3, -0.25) is 15.6 Å². The van der Waals surface area contributed by atoms with Gasteiger partial charge >= 0.3 is 0 Å². The first-order valence-electron chi connectivity index (χ1n) is 10.3. The number of thioether (sulfide) groups is 1. The Labute approximate surface area is 156 Å². The van der Waals surface area contributed by atoms with E-state index < -0.39 is 0 Å². The molecule has 142 valence electrons. The smallest absolute Gasteiger partial charge is 0.248 e. The van der Waals surface area contributed by atoms with Crippen molar-refractivity contribution in [2.24, 2.45) is 11.8 Å². The van der Waals surface area contributed by atoms with Crippen molar-refractivity contribution in [2.45, 2.75) is 68.8 Å². The van der Waals surface area contributed by atoms with E-state index in [2.05, 4.69) is 15.8 Å². The zero-order valence-corrected chi connectivity index (χ0v) is 16.1. The van der Waals surface area contributed by atoms with E-state index in [-0.39, 0.29) is 18.6 Å². The second-order valence-electron chi connectivity index (χ2n) is 8.29. The Balaban J connectivity index is 1.28. The van der Waals surface area contributed by atoms with Crippen LogP contribution in [0.3, 0.4) is 0 Å². The van der Waals surface area contributed by atoms with E-state index in [1.165, 1.54) is 50.7 Å². The quantitative estimate of drug-likeness (QED) is 0.754. The molecule has 0 radical (unpaired) electrons. The Bertz CT molecular complexity index is 452. The van der Waals surface area contributed by atoms with Crippen molar-refractivity contribution in [3.8, 4) is 0 Å². The molecule has 4 atom stereocenters. The largest absolute Gasteiger partial charge is 0.368 e. The molecule has 2 N–H and O–H groups in total. The zero-order valence-electron chi connectivity index (χ0n) is 15.3. The molecular formula is C19H33N3O2S. The molecule has 0 aromatic carbocycles. The normalized spacial score (nSPS) is 35.8. The lowest BCUT2D eigenvalue weighted by molar-refractivity contribution is -0.141. The van der Waals surface area contributed by atoms with E-state index in [1.54, 1.807) is 0 Å². The molecule has 0 bridgehead atoms. The van der Waals surface area contributed by atoms with Crippen LogP contribution in [-0.2, 0) is 9.53 Å². The molecule has 5 nitrogen and oxygen atoms in total. The predicted molar refractivity (Wildman–Crippen MR) is 101 cm³/mol. The maximum absolute atomic E-state index is 12.9. The molecule has 1 amide bonds. The summed E-state index contributed by atoms with van der Waals surface area (Å²) in [6.45, 7) is 2.85. The third kappa shape index (κ3) is 4.52. The maximum atomic E-state index is 12.9. The van der Waals surface area contributed by atoms with Crippen molar-refractivity contribution in [3.05, 3.63) is 0 Å². The van der Waals surface area contributed by atoms with E-state index in [1.807, 2.05) is 11.8 Å². The molecule has 0 aromatic rings. The van der Waals surface area contributed by atoms with Crippen molar-refractivity contribution < 1.29 is 9.53 Å². The molecule has 0 spiro atoms. The van der Waals surface area contributed by atoms with Crippen LogP contribution < -0.4 is 10.9 Å². The van der Waals surface area contributed by atoms with Crippen molar-refractivity contribution in [1.29, 1.82) is 0 Å². The standard InChI is InChI=1S/C19H33N3O2S/c23-19(13-24-17-7-6-14-3-1-4-15(14)9-17)22(16-10-20-21-11-16)12-18-5-2-8-25-18/h14-18,20-21H,1-13H2. The number of carbonyl (C=O) groups excluding carboxylic acids is 1. The van der Waals surface area contributed by atoms with Gasteiger partial charge in [0.1, 0.15) is 6.61 Å². The van der Waals surface area contributed by atoms with Gasteiger partial charge in [0.25, 0.3) is 0 Å². The average Bonchev–Trinajstić information content (AvgIpc) is 3.39. The molecule has 0 aromatic heterocycles. The fourth-order valence-electron chi connectivity index (χ4n) is 5.22. The van der Waals surface area contributed by atoms with Crippen LogP contribution in [0.5, 0.6) is 0 Å². The monoisotopic (exact) mass is 367 g/mol. The topological polar surface area (TPSA) is 53.6 Å². The summed E-state index contributed by atoms with van der Waals surface area (Å²) in [5.41, 5.74) is 6.34. The summed E-state index contributed by atoms with van der Waals surface area (Å²) in [7, 11) is 0. The lowest BCUT2D eigenvalue weighted by Crippen LogP contribution is -2.48. The van der Waals surface area contributed by atoms with Crippen molar-refractivity contribution >= 4 is 17.7 Å². The van der Waals surface area contributed by atoms with Crippen LogP contribution in [0.25, 0.3) is 0 Å². The van der Waals surface area contributed by atoms with Gasteiger partial charge in [0.2, 0.25) is 5.91 Å². The van der Waals surface area contributed by atoms with Gasteiger partial charge in [-0.15, -0.1) is 0 Å². The van der Waals surface area contributed by atoms with Gasteiger partial charge in [-0.1, -0.05) is 19.3 Å². The van der Waals surface area contributed by atoms with E-state index in [9.17, 15) is 4.79 Å². The van der Waals surface area contributed by atoms with Crippen LogP contribution in [0.1, 0.15) is 51.4 Å². The third-order valence-electron chi connectivity index (χ3n) is 6.67. The second-order valence-corrected chi connectivity index (χ2v) is 9.70. The number of hydrogen-bond donors (Lipinski definition) is 2. The summed E-state index contributed by atoms with van der Waals surface area (Å²) in [5, 5.41) is 0.610. The van der Waals surface area contributed by atoms with Crippen LogP contribution in [0.4, 0.5) is 0 Å². The number of carbonyl (C=O) groups is 1. The minimum absolute atomic E-state index is 0.191. The lowest BCUT2D eigenvalue weighted by atomic mass is 9.80. The first kappa shape index (κ1) is 18.1. The molecule has 25 heavy (non-hydrogen) atoms. The third-order valence-corrected chi connectivity index (χ3v) is 8.05.